The van der Waals surface area contributed by atoms with E-state index in [1.165, 1.54) is 0 Å². The Hall–Kier alpha value is -1.00. The van der Waals surface area contributed by atoms with Crippen LogP contribution in [0.2, 0.25) is 0 Å². The molecule has 1 atom stereocenters. The molecule has 0 bridgehead atoms. The largest absolute Gasteiger partial charge is 0.387 e. The van der Waals surface area contributed by atoms with Gasteiger partial charge in [-0.05, 0) is 31.5 Å². The van der Waals surface area contributed by atoms with Gasteiger partial charge in [0.2, 0.25) is 0 Å². The van der Waals surface area contributed by atoms with E-state index < -0.39 is 23.3 Å². The van der Waals surface area contributed by atoms with Crippen LogP contribution in [0.15, 0.2) is 18.2 Å². The first-order chi connectivity index (χ1) is 6.30. The van der Waals surface area contributed by atoms with Crippen molar-refractivity contribution < 1.29 is 13.9 Å². The van der Waals surface area contributed by atoms with Gasteiger partial charge in [0, 0.05) is 11.6 Å². The van der Waals surface area contributed by atoms with E-state index in [1.807, 2.05) is 0 Å². The fourth-order valence-electron chi connectivity index (χ4n) is 1.16. The third kappa shape index (κ3) is 2.49. The summed E-state index contributed by atoms with van der Waals surface area (Å²) in [5.74, 6) is -1.44. The van der Waals surface area contributed by atoms with E-state index in [4.69, 9.17) is 5.73 Å². The number of aliphatic hydroxyl groups excluding tert-OH is 1. The third-order valence-electron chi connectivity index (χ3n) is 1.91. The summed E-state index contributed by atoms with van der Waals surface area (Å²) < 4.78 is 25.6. The molecule has 3 N–H and O–H groups in total. The molecule has 0 saturated carbocycles. The van der Waals surface area contributed by atoms with Gasteiger partial charge in [-0.25, -0.2) is 8.78 Å². The SMILES string of the molecule is CC(C)(N)C(O)c1cc(F)cc(F)c1. The number of hydrogen-bond donors (Lipinski definition) is 2. The van der Waals surface area contributed by atoms with Crippen LogP contribution in [-0.2, 0) is 0 Å². The minimum Gasteiger partial charge on any atom is -0.387 e. The van der Waals surface area contributed by atoms with Crippen LogP contribution in [-0.4, -0.2) is 10.6 Å². The maximum Gasteiger partial charge on any atom is 0.126 e. The van der Waals surface area contributed by atoms with Gasteiger partial charge in [0.1, 0.15) is 11.6 Å². The quantitative estimate of drug-likeness (QED) is 0.765. The summed E-state index contributed by atoms with van der Waals surface area (Å²) in [5.41, 5.74) is 4.83. The van der Waals surface area contributed by atoms with Crippen LogP contribution in [0.25, 0.3) is 0 Å². The Morgan fingerprint density at radius 2 is 1.64 bits per heavy atom. The maximum atomic E-state index is 12.8. The molecule has 0 heterocycles. The lowest BCUT2D eigenvalue weighted by Crippen LogP contribution is -2.39. The summed E-state index contributed by atoms with van der Waals surface area (Å²) >= 11 is 0. The molecule has 0 aliphatic heterocycles. The van der Waals surface area contributed by atoms with Crippen LogP contribution in [0, 0.1) is 11.6 Å². The number of benzene rings is 1. The summed E-state index contributed by atoms with van der Waals surface area (Å²) in [6.45, 7) is 3.17. The van der Waals surface area contributed by atoms with E-state index in [2.05, 4.69) is 0 Å². The van der Waals surface area contributed by atoms with Crippen LogP contribution in [0.1, 0.15) is 25.5 Å². The van der Waals surface area contributed by atoms with E-state index in [0.717, 1.165) is 18.2 Å². The van der Waals surface area contributed by atoms with Gasteiger partial charge in [-0.2, -0.15) is 0 Å². The van der Waals surface area contributed by atoms with Crippen molar-refractivity contribution in [3.63, 3.8) is 0 Å². The van der Waals surface area contributed by atoms with Gasteiger partial charge < -0.3 is 10.8 Å². The Kier molecular flexibility index (Phi) is 2.87. The van der Waals surface area contributed by atoms with Crippen molar-refractivity contribution in [2.75, 3.05) is 0 Å². The molecule has 0 aliphatic rings. The molecule has 1 aromatic carbocycles. The number of halogens is 2. The zero-order valence-corrected chi connectivity index (χ0v) is 8.09. The van der Waals surface area contributed by atoms with Crippen molar-refractivity contribution in [1.29, 1.82) is 0 Å². The van der Waals surface area contributed by atoms with E-state index in [0.29, 0.717) is 0 Å². The minimum atomic E-state index is -1.09. The van der Waals surface area contributed by atoms with Gasteiger partial charge in [-0.1, -0.05) is 0 Å². The van der Waals surface area contributed by atoms with Gasteiger partial charge in [0.25, 0.3) is 0 Å². The molecule has 0 saturated heterocycles. The molecule has 78 valence electrons. The second-order valence-electron chi connectivity index (χ2n) is 3.93. The van der Waals surface area contributed by atoms with Crippen molar-refractivity contribution in [1.82, 2.24) is 0 Å². The first kappa shape index (κ1) is 11.1. The zero-order chi connectivity index (χ0) is 10.9. The van der Waals surface area contributed by atoms with Crippen molar-refractivity contribution in [2.24, 2.45) is 5.73 Å². The third-order valence-corrected chi connectivity index (χ3v) is 1.91. The fraction of sp³-hybridized carbons (Fsp3) is 0.400. The van der Waals surface area contributed by atoms with Crippen molar-refractivity contribution in [3.8, 4) is 0 Å². The Balaban J connectivity index is 3.07. The highest BCUT2D eigenvalue weighted by atomic mass is 19.1. The summed E-state index contributed by atoms with van der Waals surface area (Å²) in [7, 11) is 0. The molecule has 1 unspecified atom stereocenters. The van der Waals surface area contributed by atoms with Gasteiger partial charge in [-0.15, -0.1) is 0 Å². The molecule has 0 radical (unpaired) electrons. The topological polar surface area (TPSA) is 46.2 Å². The first-order valence-electron chi connectivity index (χ1n) is 4.23. The Labute approximate surface area is 81.4 Å². The molecule has 0 aromatic heterocycles. The number of nitrogens with two attached hydrogens (primary N) is 1. The predicted molar refractivity (Wildman–Crippen MR) is 49.6 cm³/mol. The van der Waals surface area contributed by atoms with Gasteiger partial charge in [0.05, 0.1) is 6.10 Å². The van der Waals surface area contributed by atoms with Crippen molar-refractivity contribution >= 4 is 0 Å². The molecule has 0 spiro atoms. The van der Waals surface area contributed by atoms with Gasteiger partial charge in [-0.3, -0.25) is 0 Å². The van der Waals surface area contributed by atoms with Crippen LogP contribution in [0.4, 0.5) is 8.78 Å². The molecule has 4 heteroatoms. The smallest absolute Gasteiger partial charge is 0.126 e. The van der Waals surface area contributed by atoms with E-state index in [-0.39, 0.29) is 5.56 Å². The summed E-state index contributed by atoms with van der Waals surface area (Å²) in [6, 6.07) is 2.89. The van der Waals surface area contributed by atoms with Crippen LogP contribution < -0.4 is 5.73 Å². The van der Waals surface area contributed by atoms with Crippen LogP contribution in [0.5, 0.6) is 0 Å². The number of hydrogen-bond acceptors (Lipinski definition) is 2. The predicted octanol–water partition coefficient (Wildman–Crippen LogP) is 1.74. The van der Waals surface area contributed by atoms with E-state index in [1.54, 1.807) is 13.8 Å². The maximum absolute atomic E-state index is 12.8. The molecule has 0 fully saturated rings. The summed E-state index contributed by atoms with van der Waals surface area (Å²) in [4.78, 5) is 0. The summed E-state index contributed by atoms with van der Waals surface area (Å²) in [5, 5.41) is 9.65. The number of aliphatic hydroxyl groups is 1. The lowest BCUT2D eigenvalue weighted by molar-refractivity contribution is 0.104. The van der Waals surface area contributed by atoms with Gasteiger partial charge in [0.15, 0.2) is 0 Å². The Bertz CT molecular complexity index is 313. The molecular formula is C10H13F2NO. The average molecular weight is 201 g/mol. The van der Waals surface area contributed by atoms with Crippen LogP contribution in [0.3, 0.4) is 0 Å². The highest BCUT2D eigenvalue weighted by Crippen LogP contribution is 2.24. The lowest BCUT2D eigenvalue weighted by Gasteiger charge is -2.26. The molecule has 2 nitrogen and oxygen atoms in total. The molecule has 14 heavy (non-hydrogen) atoms. The minimum absolute atomic E-state index is 0.148. The van der Waals surface area contributed by atoms with E-state index in [9.17, 15) is 13.9 Å². The first-order valence-corrected chi connectivity index (χ1v) is 4.23. The fourth-order valence-corrected chi connectivity index (χ4v) is 1.16. The van der Waals surface area contributed by atoms with Crippen LogP contribution >= 0.6 is 0 Å². The molecule has 1 rings (SSSR count). The highest BCUT2D eigenvalue weighted by Gasteiger charge is 2.25. The average Bonchev–Trinajstić information content (AvgIpc) is 1.99. The Morgan fingerprint density at radius 3 is 2.00 bits per heavy atom. The molecular weight excluding hydrogens is 188 g/mol. The molecule has 1 aromatic rings. The Morgan fingerprint density at radius 1 is 1.21 bits per heavy atom. The summed E-state index contributed by atoms with van der Waals surface area (Å²) in [6.07, 6.45) is -1.09. The van der Waals surface area contributed by atoms with E-state index >= 15 is 0 Å². The normalized spacial score (nSPS) is 14.1. The van der Waals surface area contributed by atoms with Crippen molar-refractivity contribution in [3.05, 3.63) is 35.4 Å². The number of rotatable bonds is 2. The van der Waals surface area contributed by atoms with Crippen molar-refractivity contribution in [2.45, 2.75) is 25.5 Å². The monoisotopic (exact) mass is 201 g/mol. The van der Waals surface area contributed by atoms with Gasteiger partial charge >= 0.3 is 0 Å². The molecule has 0 aliphatic carbocycles. The zero-order valence-electron chi connectivity index (χ0n) is 8.09. The second-order valence-corrected chi connectivity index (χ2v) is 3.93. The second kappa shape index (κ2) is 3.63. The molecule has 0 amide bonds. The lowest BCUT2D eigenvalue weighted by atomic mass is 9.92. The standard InChI is InChI=1S/C10H13F2NO/c1-10(2,13)9(14)6-3-7(11)5-8(12)4-6/h3-5,9,14H,13H2,1-2H3. The highest BCUT2D eigenvalue weighted by molar-refractivity contribution is 5.22.